The van der Waals surface area contributed by atoms with Crippen LogP contribution in [0.1, 0.15) is 40.2 Å². The van der Waals surface area contributed by atoms with Crippen LogP contribution >= 0.6 is 11.6 Å². The lowest BCUT2D eigenvalue weighted by atomic mass is 9.91. The summed E-state index contributed by atoms with van der Waals surface area (Å²) in [5.74, 6) is 0.107. The van der Waals surface area contributed by atoms with Gasteiger partial charge in [-0.2, -0.15) is 0 Å². The topological polar surface area (TPSA) is 33.9 Å². The van der Waals surface area contributed by atoms with Gasteiger partial charge in [0.05, 0.1) is 17.7 Å². The first-order valence-electron chi connectivity index (χ1n) is 10.0. The second-order valence-corrected chi connectivity index (χ2v) is 6.72. The summed E-state index contributed by atoms with van der Waals surface area (Å²) in [6.07, 6.45) is 2.24. The lowest BCUT2D eigenvalue weighted by molar-refractivity contribution is 0.0609. The Bertz CT molecular complexity index is 904. The highest BCUT2D eigenvalue weighted by molar-refractivity contribution is 6.33. The van der Waals surface area contributed by atoms with Gasteiger partial charge in [0, 0.05) is 22.7 Å². The zero-order valence-corrected chi connectivity index (χ0v) is 14.9. The van der Waals surface area contributed by atoms with E-state index >= 15 is 0 Å². The first kappa shape index (κ1) is 14.6. The molecule has 26 heavy (non-hydrogen) atoms. The zero-order valence-electron chi connectivity index (χ0n) is 17.2. The fraction of sp³-hybridized carbons (Fsp3) is 0.333. The quantitative estimate of drug-likeness (QED) is 0.678. The van der Waals surface area contributed by atoms with E-state index in [1.165, 1.54) is 0 Å². The number of hydrogen-bond donors (Lipinski definition) is 0. The Labute approximate surface area is 163 Å². The van der Waals surface area contributed by atoms with Crippen molar-refractivity contribution in [2.24, 2.45) is 0 Å². The minimum absolute atomic E-state index is 0.0913. The molecule has 0 bridgehead atoms. The van der Waals surface area contributed by atoms with Crippen molar-refractivity contribution in [3.05, 3.63) is 70.5 Å². The highest BCUT2D eigenvalue weighted by Crippen LogP contribution is 2.32. The Hall–Kier alpha value is -2.51. The molecular weight excluding hydrogens is 348 g/mol. The average molecular weight is 372 g/mol. The van der Waals surface area contributed by atoms with E-state index in [1.807, 2.05) is 0 Å². The number of carbonyl (C=O) groups is 1. The number of nitrogens with zero attached hydrogens (tertiary/aromatic N) is 2. The Morgan fingerprint density at radius 2 is 1.96 bits per heavy atom. The Kier molecular flexibility index (Phi) is 4.64. The monoisotopic (exact) mass is 371 g/mol. The van der Waals surface area contributed by atoms with E-state index in [2.05, 4.69) is 4.85 Å². The van der Waals surface area contributed by atoms with E-state index in [4.69, 9.17) is 27.0 Å². The fourth-order valence-corrected chi connectivity index (χ4v) is 3.36. The standard InChI is InChI=1S/C21H21ClN2O2/c1-23-20-13-12-18(14-19(20)22)26-17-10-8-16(9-11-17)24(2)21(25)15-6-4-3-5-7-15/h3-7,12-14,16-17H,8-11H2,2H3/i2D3. The largest absolute Gasteiger partial charge is 0.490 e. The zero-order chi connectivity index (χ0) is 21.0. The average Bonchev–Trinajstić information content (AvgIpc) is 2.69. The number of carbonyl (C=O) groups excluding carboxylic acids is 1. The number of benzene rings is 2. The van der Waals surface area contributed by atoms with E-state index in [0.29, 0.717) is 47.7 Å². The Morgan fingerprint density at radius 1 is 1.23 bits per heavy atom. The second kappa shape index (κ2) is 8.25. The molecule has 134 valence electrons. The first-order chi connectivity index (χ1) is 13.8. The Balaban J connectivity index is 1.66. The van der Waals surface area contributed by atoms with Crippen molar-refractivity contribution in [1.29, 1.82) is 0 Å². The molecule has 1 aliphatic rings. The summed E-state index contributed by atoms with van der Waals surface area (Å²) in [5, 5.41) is 0.341. The molecule has 3 rings (SSSR count). The first-order valence-corrected chi connectivity index (χ1v) is 8.90. The van der Waals surface area contributed by atoms with Gasteiger partial charge in [-0.3, -0.25) is 4.79 Å². The summed E-state index contributed by atoms with van der Waals surface area (Å²) in [6, 6.07) is 13.1. The molecule has 1 fully saturated rings. The summed E-state index contributed by atoms with van der Waals surface area (Å²) in [7, 11) is 0. The summed E-state index contributed by atoms with van der Waals surface area (Å²) in [6.45, 7) is 4.53. The number of rotatable bonds is 4. The smallest absolute Gasteiger partial charge is 0.253 e. The molecule has 0 heterocycles. The number of hydrogen-bond acceptors (Lipinski definition) is 2. The van der Waals surface area contributed by atoms with Crippen LogP contribution in [0, 0.1) is 6.57 Å². The maximum absolute atomic E-state index is 12.9. The predicted molar refractivity (Wildman–Crippen MR) is 103 cm³/mol. The third-order valence-corrected chi connectivity index (χ3v) is 4.89. The van der Waals surface area contributed by atoms with Crippen molar-refractivity contribution in [2.45, 2.75) is 37.8 Å². The lowest BCUT2D eigenvalue weighted by Gasteiger charge is -2.34. The van der Waals surface area contributed by atoms with Crippen LogP contribution in [0.4, 0.5) is 5.69 Å². The minimum atomic E-state index is -2.51. The molecule has 1 aliphatic carbocycles. The molecule has 1 saturated carbocycles. The maximum Gasteiger partial charge on any atom is 0.253 e. The van der Waals surface area contributed by atoms with Crippen molar-refractivity contribution in [3.63, 3.8) is 0 Å². The van der Waals surface area contributed by atoms with Gasteiger partial charge in [0.15, 0.2) is 0 Å². The van der Waals surface area contributed by atoms with Crippen LogP contribution in [-0.4, -0.2) is 29.9 Å². The molecule has 0 aromatic heterocycles. The summed E-state index contributed by atoms with van der Waals surface area (Å²) >= 11 is 6.05. The molecule has 4 nitrogen and oxygen atoms in total. The highest BCUT2D eigenvalue weighted by Gasteiger charge is 2.28. The number of amides is 1. The molecule has 1 amide bonds. The van der Waals surface area contributed by atoms with Gasteiger partial charge in [-0.15, -0.1) is 0 Å². The second-order valence-electron chi connectivity index (χ2n) is 6.31. The predicted octanol–water partition coefficient (Wildman–Crippen LogP) is 5.35. The SMILES string of the molecule is [2H]C([2H])([2H])N(C(=O)c1ccccc1)C1CCC(Oc2ccc([N+]#[C-])c(Cl)c2)CC1. The fourth-order valence-electron chi connectivity index (χ4n) is 3.15. The summed E-state index contributed by atoms with van der Waals surface area (Å²) in [4.78, 5) is 17.2. The van der Waals surface area contributed by atoms with Gasteiger partial charge in [0.25, 0.3) is 5.91 Å². The van der Waals surface area contributed by atoms with Gasteiger partial charge >= 0.3 is 0 Å². The van der Waals surface area contributed by atoms with Crippen LogP contribution in [0.15, 0.2) is 48.5 Å². The van der Waals surface area contributed by atoms with Gasteiger partial charge < -0.3 is 9.64 Å². The van der Waals surface area contributed by atoms with Crippen LogP contribution in [0.3, 0.4) is 0 Å². The Morgan fingerprint density at radius 3 is 2.58 bits per heavy atom. The molecule has 2 aromatic rings. The minimum Gasteiger partial charge on any atom is -0.490 e. The van der Waals surface area contributed by atoms with Gasteiger partial charge in [-0.25, -0.2) is 4.85 Å². The van der Waals surface area contributed by atoms with E-state index in [-0.39, 0.29) is 12.1 Å². The molecule has 0 saturated heterocycles. The van der Waals surface area contributed by atoms with E-state index in [1.54, 1.807) is 48.5 Å². The molecule has 0 unspecified atom stereocenters. The van der Waals surface area contributed by atoms with Crippen LogP contribution in [0.2, 0.25) is 5.02 Å². The number of halogens is 1. The van der Waals surface area contributed by atoms with Crippen LogP contribution in [-0.2, 0) is 0 Å². The van der Waals surface area contributed by atoms with Gasteiger partial charge in [-0.1, -0.05) is 35.9 Å². The normalized spacial score (nSPS) is 21.6. The van der Waals surface area contributed by atoms with Crippen LogP contribution < -0.4 is 4.74 Å². The lowest BCUT2D eigenvalue weighted by Crippen LogP contribution is -2.41. The molecule has 0 spiro atoms. The van der Waals surface area contributed by atoms with Crippen molar-refractivity contribution in [2.75, 3.05) is 6.98 Å². The molecule has 0 atom stereocenters. The van der Waals surface area contributed by atoms with Gasteiger partial charge in [-0.05, 0) is 49.9 Å². The van der Waals surface area contributed by atoms with Crippen LogP contribution in [0.5, 0.6) is 5.75 Å². The molecule has 5 heteroatoms. The van der Waals surface area contributed by atoms with E-state index in [0.717, 1.165) is 4.90 Å². The highest BCUT2D eigenvalue weighted by atomic mass is 35.5. The summed E-state index contributed by atoms with van der Waals surface area (Å²) < 4.78 is 29.6. The molecule has 0 radical (unpaired) electrons. The summed E-state index contributed by atoms with van der Waals surface area (Å²) in [5.41, 5.74) is 0.743. The van der Waals surface area contributed by atoms with Gasteiger partial charge in [0.2, 0.25) is 5.69 Å². The van der Waals surface area contributed by atoms with Crippen molar-refractivity contribution < 1.29 is 13.6 Å². The van der Waals surface area contributed by atoms with Gasteiger partial charge in [0.1, 0.15) is 5.75 Å². The van der Waals surface area contributed by atoms with Crippen LogP contribution in [0.25, 0.3) is 4.85 Å². The molecular formula is C21H21ClN2O2. The molecule has 0 aliphatic heterocycles. The van der Waals surface area contributed by atoms with E-state index < -0.39 is 12.9 Å². The van der Waals surface area contributed by atoms with E-state index in [9.17, 15) is 4.79 Å². The van der Waals surface area contributed by atoms with Crippen molar-refractivity contribution >= 4 is 23.2 Å². The number of ether oxygens (including phenoxy) is 1. The molecule has 2 aromatic carbocycles. The molecule has 0 N–H and O–H groups in total. The van der Waals surface area contributed by atoms with Crippen molar-refractivity contribution in [3.8, 4) is 5.75 Å². The third-order valence-electron chi connectivity index (χ3n) is 4.59. The third kappa shape index (κ3) is 4.17. The maximum atomic E-state index is 12.9. The van der Waals surface area contributed by atoms with Crippen molar-refractivity contribution in [1.82, 2.24) is 4.90 Å².